The summed E-state index contributed by atoms with van der Waals surface area (Å²) in [6.45, 7) is 0. The predicted molar refractivity (Wildman–Crippen MR) is 74.1 cm³/mol. The van der Waals surface area contributed by atoms with Gasteiger partial charge in [-0.1, -0.05) is 6.07 Å². The van der Waals surface area contributed by atoms with Gasteiger partial charge in [0.05, 0.1) is 23.8 Å². The molecule has 20 heavy (non-hydrogen) atoms. The second kappa shape index (κ2) is 5.56. The van der Waals surface area contributed by atoms with Gasteiger partial charge >= 0.3 is 0 Å². The van der Waals surface area contributed by atoms with Crippen molar-refractivity contribution in [1.29, 1.82) is 0 Å². The maximum Gasteiger partial charge on any atom is 0.274 e. The summed E-state index contributed by atoms with van der Waals surface area (Å²) in [6.07, 6.45) is 0. The van der Waals surface area contributed by atoms with Crippen molar-refractivity contribution >= 4 is 17.1 Å². The maximum atomic E-state index is 13.5. The first-order valence-electron chi connectivity index (χ1n) is 5.84. The molecule has 0 N–H and O–H groups in total. The van der Waals surface area contributed by atoms with Crippen molar-refractivity contribution in [2.75, 3.05) is 19.1 Å². The van der Waals surface area contributed by atoms with Crippen LogP contribution in [0.5, 0.6) is 5.75 Å². The molecule has 0 fully saturated rings. The predicted octanol–water partition coefficient (Wildman–Crippen LogP) is 3.51. The Morgan fingerprint density at radius 3 is 2.60 bits per heavy atom. The Morgan fingerprint density at radius 1 is 1.20 bits per heavy atom. The van der Waals surface area contributed by atoms with Gasteiger partial charge in [-0.05, 0) is 18.2 Å². The zero-order valence-corrected chi connectivity index (χ0v) is 11.0. The van der Waals surface area contributed by atoms with Gasteiger partial charge in [0, 0.05) is 24.9 Å². The number of anilines is 2. The summed E-state index contributed by atoms with van der Waals surface area (Å²) in [5.41, 5.74) is 0.851. The van der Waals surface area contributed by atoms with E-state index in [0.717, 1.165) is 11.8 Å². The van der Waals surface area contributed by atoms with Gasteiger partial charge in [-0.25, -0.2) is 4.39 Å². The van der Waals surface area contributed by atoms with E-state index >= 15 is 0 Å². The number of ether oxygens (including phenoxy) is 1. The normalized spacial score (nSPS) is 10.2. The zero-order valence-electron chi connectivity index (χ0n) is 11.0. The van der Waals surface area contributed by atoms with E-state index in [2.05, 4.69) is 0 Å². The van der Waals surface area contributed by atoms with Crippen molar-refractivity contribution in [3.8, 4) is 5.75 Å². The lowest BCUT2D eigenvalue weighted by Crippen LogP contribution is -2.10. The van der Waals surface area contributed by atoms with Crippen LogP contribution in [0.15, 0.2) is 42.5 Å². The number of nitrogens with zero attached hydrogens (tertiary/aromatic N) is 2. The number of rotatable bonds is 4. The molecular weight excluding hydrogens is 263 g/mol. The average Bonchev–Trinajstić information content (AvgIpc) is 2.45. The van der Waals surface area contributed by atoms with Crippen LogP contribution in [0.3, 0.4) is 0 Å². The maximum absolute atomic E-state index is 13.5. The minimum Gasteiger partial charge on any atom is -0.497 e. The average molecular weight is 276 g/mol. The van der Waals surface area contributed by atoms with Gasteiger partial charge < -0.3 is 9.64 Å². The van der Waals surface area contributed by atoms with Crippen molar-refractivity contribution < 1.29 is 14.1 Å². The molecule has 0 saturated heterocycles. The molecule has 0 saturated carbocycles. The first-order chi connectivity index (χ1) is 9.51. The lowest BCUT2D eigenvalue weighted by atomic mass is 10.2. The number of nitro groups is 1. The van der Waals surface area contributed by atoms with Crippen LogP contribution in [-0.2, 0) is 0 Å². The SMILES string of the molecule is COc1cccc(N(C)c2cc(F)cc([N+](=O)[O-])c2)c1. The van der Waals surface area contributed by atoms with Gasteiger partial charge in [-0.3, -0.25) is 10.1 Å². The van der Waals surface area contributed by atoms with Crippen molar-refractivity contribution in [3.63, 3.8) is 0 Å². The van der Waals surface area contributed by atoms with Crippen LogP contribution in [0.1, 0.15) is 0 Å². The molecule has 0 heterocycles. The minimum absolute atomic E-state index is 0.283. The molecule has 0 spiro atoms. The Hall–Kier alpha value is -2.63. The molecule has 2 rings (SSSR count). The van der Waals surface area contributed by atoms with Crippen LogP contribution >= 0.6 is 0 Å². The monoisotopic (exact) mass is 276 g/mol. The fraction of sp³-hybridized carbons (Fsp3) is 0.143. The van der Waals surface area contributed by atoms with Crippen LogP contribution in [-0.4, -0.2) is 19.1 Å². The summed E-state index contributed by atoms with van der Waals surface area (Å²) in [4.78, 5) is 11.8. The van der Waals surface area contributed by atoms with Gasteiger partial charge in [0.25, 0.3) is 5.69 Å². The smallest absolute Gasteiger partial charge is 0.274 e. The van der Waals surface area contributed by atoms with Crippen LogP contribution in [0.25, 0.3) is 0 Å². The number of benzene rings is 2. The van der Waals surface area contributed by atoms with Gasteiger partial charge in [0.2, 0.25) is 0 Å². The van der Waals surface area contributed by atoms with Crippen LogP contribution in [0, 0.1) is 15.9 Å². The third-order valence-electron chi connectivity index (χ3n) is 2.91. The molecule has 6 heteroatoms. The topological polar surface area (TPSA) is 55.6 Å². The first kappa shape index (κ1) is 13.8. The number of halogens is 1. The number of nitro benzene ring substituents is 1. The number of hydrogen-bond acceptors (Lipinski definition) is 4. The highest BCUT2D eigenvalue weighted by Gasteiger charge is 2.13. The summed E-state index contributed by atoms with van der Waals surface area (Å²) < 4.78 is 18.6. The van der Waals surface area contributed by atoms with E-state index in [4.69, 9.17) is 4.74 Å². The Bertz CT molecular complexity index is 646. The quantitative estimate of drug-likeness (QED) is 0.633. The first-order valence-corrected chi connectivity index (χ1v) is 5.84. The van der Waals surface area contributed by atoms with Crippen LogP contribution < -0.4 is 9.64 Å². The fourth-order valence-corrected chi connectivity index (χ4v) is 1.83. The second-order valence-electron chi connectivity index (χ2n) is 4.19. The Balaban J connectivity index is 2.41. The molecule has 0 aliphatic rings. The lowest BCUT2D eigenvalue weighted by molar-refractivity contribution is -0.385. The molecule has 0 unspecified atom stereocenters. The molecule has 0 radical (unpaired) electrons. The standard InChI is InChI=1S/C14H13FN2O3/c1-16(11-4-3-5-14(9-11)20-2)12-6-10(15)7-13(8-12)17(18)19/h3-9H,1-2H3. The van der Waals surface area contributed by atoms with Crippen molar-refractivity contribution in [2.24, 2.45) is 0 Å². The zero-order chi connectivity index (χ0) is 14.7. The lowest BCUT2D eigenvalue weighted by Gasteiger charge is -2.20. The van der Waals surface area contributed by atoms with E-state index in [-0.39, 0.29) is 5.69 Å². The van der Waals surface area contributed by atoms with Gasteiger partial charge in [0.15, 0.2) is 0 Å². The summed E-state index contributed by atoms with van der Waals surface area (Å²) in [5.74, 6) is 0.00389. The minimum atomic E-state index is -0.649. The Kier molecular flexibility index (Phi) is 3.84. The summed E-state index contributed by atoms with van der Waals surface area (Å²) >= 11 is 0. The Labute approximate surface area is 115 Å². The molecule has 0 aliphatic carbocycles. The largest absolute Gasteiger partial charge is 0.497 e. The van der Waals surface area contributed by atoms with E-state index in [1.807, 2.05) is 0 Å². The third-order valence-corrected chi connectivity index (χ3v) is 2.91. The van der Waals surface area contributed by atoms with Crippen LogP contribution in [0.4, 0.5) is 21.5 Å². The molecule has 104 valence electrons. The summed E-state index contributed by atoms with van der Waals surface area (Å²) in [6, 6.07) is 10.6. The summed E-state index contributed by atoms with van der Waals surface area (Å²) in [5, 5.41) is 10.8. The highest BCUT2D eigenvalue weighted by molar-refractivity contribution is 5.66. The molecule has 2 aromatic carbocycles. The fourth-order valence-electron chi connectivity index (χ4n) is 1.83. The van der Waals surface area contributed by atoms with Gasteiger partial charge in [-0.2, -0.15) is 0 Å². The van der Waals surface area contributed by atoms with E-state index in [0.29, 0.717) is 11.4 Å². The van der Waals surface area contributed by atoms with Crippen molar-refractivity contribution in [3.05, 3.63) is 58.4 Å². The number of methoxy groups -OCH3 is 1. The van der Waals surface area contributed by atoms with E-state index < -0.39 is 10.7 Å². The van der Waals surface area contributed by atoms with Crippen LogP contribution in [0.2, 0.25) is 0 Å². The molecule has 5 nitrogen and oxygen atoms in total. The van der Waals surface area contributed by atoms with Gasteiger partial charge in [-0.15, -0.1) is 0 Å². The molecule has 0 bridgehead atoms. The molecule has 2 aromatic rings. The van der Waals surface area contributed by atoms with E-state index in [1.54, 1.807) is 43.3 Å². The summed E-state index contributed by atoms with van der Waals surface area (Å²) in [7, 11) is 3.25. The molecule has 0 aromatic heterocycles. The molecular formula is C14H13FN2O3. The third kappa shape index (κ3) is 2.85. The number of hydrogen-bond donors (Lipinski definition) is 0. The highest BCUT2D eigenvalue weighted by Crippen LogP contribution is 2.29. The number of non-ortho nitro benzene ring substituents is 1. The molecule has 0 aliphatic heterocycles. The van der Waals surface area contributed by atoms with Crippen molar-refractivity contribution in [1.82, 2.24) is 0 Å². The van der Waals surface area contributed by atoms with Crippen molar-refractivity contribution in [2.45, 2.75) is 0 Å². The molecule has 0 amide bonds. The van der Waals surface area contributed by atoms with Gasteiger partial charge in [0.1, 0.15) is 11.6 Å². The molecule has 0 atom stereocenters. The highest BCUT2D eigenvalue weighted by atomic mass is 19.1. The second-order valence-corrected chi connectivity index (χ2v) is 4.19. The Morgan fingerprint density at radius 2 is 1.95 bits per heavy atom. The van der Waals surface area contributed by atoms with E-state index in [1.165, 1.54) is 12.1 Å². The van der Waals surface area contributed by atoms with E-state index in [9.17, 15) is 14.5 Å².